The summed E-state index contributed by atoms with van der Waals surface area (Å²) in [4.78, 5) is 15.5. The average molecular weight is 295 g/mol. The maximum atomic E-state index is 13.1. The number of imidazole rings is 1. The van der Waals surface area contributed by atoms with Gasteiger partial charge in [-0.05, 0) is 36.5 Å². The molecule has 4 nitrogen and oxygen atoms in total. The molecule has 1 aromatic carbocycles. The van der Waals surface area contributed by atoms with Crippen LogP contribution in [0.2, 0.25) is 0 Å². The highest BCUT2D eigenvalue weighted by atomic mass is 19.4. The molecular weight excluding hydrogens is 283 g/mol. The fraction of sp³-hybridized carbons (Fsp3) is 0.286. The molecule has 0 atom stereocenters. The number of carbonyl (C=O) groups is 1. The first-order chi connectivity index (χ1) is 9.95. The first-order valence-electron chi connectivity index (χ1n) is 6.45. The molecule has 1 aromatic heterocycles. The minimum atomic E-state index is -4.42. The number of hydrogen-bond donors (Lipinski definition) is 1. The van der Waals surface area contributed by atoms with E-state index in [2.05, 4.69) is 10.3 Å². The second-order valence-electron chi connectivity index (χ2n) is 4.97. The zero-order valence-electron chi connectivity index (χ0n) is 10.9. The van der Waals surface area contributed by atoms with E-state index in [1.165, 1.54) is 30.9 Å². The normalized spacial score (nSPS) is 15.0. The van der Waals surface area contributed by atoms with E-state index in [-0.39, 0.29) is 11.6 Å². The number of carbonyl (C=O) groups excluding carboxylic acids is 1. The lowest BCUT2D eigenvalue weighted by atomic mass is 10.0. The van der Waals surface area contributed by atoms with Gasteiger partial charge in [-0.1, -0.05) is 6.07 Å². The van der Waals surface area contributed by atoms with E-state index in [0.717, 1.165) is 23.5 Å². The van der Waals surface area contributed by atoms with Crippen LogP contribution in [0.3, 0.4) is 0 Å². The predicted molar refractivity (Wildman–Crippen MR) is 70.1 cm³/mol. The fourth-order valence-electron chi connectivity index (χ4n) is 2.20. The molecule has 1 N–H and O–H groups in total. The predicted octanol–water partition coefficient (Wildman–Crippen LogP) is 3.86. The number of nitrogens with one attached hydrogen (secondary N) is 1. The highest BCUT2D eigenvalue weighted by Crippen LogP contribution is 2.46. The molecule has 1 saturated carbocycles. The lowest BCUT2D eigenvalue weighted by molar-refractivity contribution is -0.138. The summed E-state index contributed by atoms with van der Waals surface area (Å²) in [5.41, 5.74) is -0.248. The summed E-state index contributed by atoms with van der Waals surface area (Å²) in [6.07, 6.45) is 1.25. The zero-order valence-corrected chi connectivity index (χ0v) is 10.9. The Bertz CT molecular complexity index is 661. The lowest BCUT2D eigenvalue weighted by Crippen LogP contribution is -2.18. The van der Waals surface area contributed by atoms with Crippen molar-refractivity contribution in [3.63, 3.8) is 0 Å². The standard InChI is InChI=1S/C14H12F3N3O/c15-14(16,17)12-7-10(3-4-11(12)9-1-2-9)19-13(21)20-6-5-18-8-20/h3-9H,1-2H2,(H,19,21). The van der Waals surface area contributed by atoms with E-state index < -0.39 is 17.8 Å². The van der Waals surface area contributed by atoms with Crippen LogP contribution in [0, 0.1) is 0 Å². The monoisotopic (exact) mass is 295 g/mol. The van der Waals surface area contributed by atoms with Crippen molar-refractivity contribution in [3.8, 4) is 0 Å². The van der Waals surface area contributed by atoms with Crippen molar-refractivity contribution in [2.75, 3.05) is 5.32 Å². The van der Waals surface area contributed by atoms with Crippen LogP contribution in [-0.2, 0) is 6.18 Å². The second kappa shape index (κ2) is 4.91. The Hall–Kier alpha value is -2.31. The summed E-state index contributed by atoms with van der Waals surface area (Å²) < 4.78 is 40.5. The molecule has 1 aliphatic rings. The molecule has 3 rings (SSSR count). The number of hydrogen-bond acceptors (Lipinski definition) is 2. The Morgan fingerprint density at radius 3 is 2.67 bits per heavy atom. The molecule has 1 heterocycles. The SMILES string of the molecule is O=C(Nc1ccc(C2CC2)c(C(F)(F)F)c1)n1ccnc1. The summed E-state index contributed by atoms with van der Waals surface area (Å²) in [6, 6.07) is 3.38. The number of rotatable bonds is 2. The molecule has 0 aliphatic heterocycles. The molecule has 0 saturated heterocycles. The molecule has 1 fully saturated rings. The van der Waals surface area contributed by atoms with Crippen molar-refractivity contribution in [1.29, 1.82) is 0 Å². The molecule has 0 spiro atoms. The maximum Gasteiger partial charge on any atom is 0.416 e. The third-order valence-electron chi connectivity index (χ3n) is 3.37. The number of aromatic nitrogens is 2. The molecule has 0 radical (unpaired) electrons. The Morgan fingerprint density at radius 2 is 2.10 bits per heavy atom. The number of halogens is 3. The van der Waals surface area contributed by atoms with Crippen LogP contribution in [0.15, 0.2) is 36.9 Å². The number of amides is 1. The van der Waals surface area contributed by atoms with Crippen LogP contribution in [-0.4, -0.2) is 15.6 Å². The number of anilines is 1. The van der Waals surface area contributed by atoms with Crippen LogP contribution >= 0.6 is 0 Å². The van der Waals surface area contributed by atoms with Crippen LogP contribution in [0.5, 0.6) is 0 Å². The Kier molecular flexibility index (Phi) is 3.19. The molecule has 21 heavy (non-hydrogen) atoms. The van der Waals surface area contributed by atoms with Crippen LogP contribution in [0.1, 0.15) is 29.9 Å². The van der Waals surface area contributed by atoms with Gasteiger partial charge in [0.2, 0.25) is 0 Å². The van der Waals surface area contributed by atoms with Gasteiger partial charge >= 0.3 is 12.2 Å². The summed E-state index contributed by atoms with van der Waals surface area (Å²) in [5.74, 6) is -0.0139. The van der Waals surface area contributed by atoms with Crippen molar-refractivity contribution < 1.29 is 18.0 Å². The van der Waals surface area contributed by atoms with Gasteiger partial charge in [-0.2, -0.15) is 13.2 Å². The van der Waals surface area contributed by atoms with Gasteiger partial charge in [-0.25, -0.2) is 9.78 Å². The van der Waals surface area contributed by atoms with E-state index in [9.17, 15) is 18.0 Å². The molecule has 110 valence electrons. The summed E-state index contributed by atoms with van der Waals surface area (Å²) >= 11 is 0. The zero-order chi connectivity index (χ0) is 15.0. The quantitative estimate of drug-likeness (QED) is 0.914. The molecular formula is C14H12F3N3O. The highest BCUT2D eigenvalue weighted by molar-refractivity contribution is 5.91. The van der Waals surface area contributed by atoms with Gasteiger partial charge in [0.15, 0.2) is 0 Å². The molecule has 1 aliphatic carbocycles. The Morgan fingerprint density at radius 1 is 1.33 bits per heavy atom. The topological polar surface area (TPSA) is 46.9 Å². The van der Waals surface area contributed by atoms with E-state index >= 15 is 0 Å². The van der Waals surface area contributed by atoms with E-state index in [0.29, 0.717) is 5.56 Å². The van der Waals surface area contributed by atoms with Crippen molar-refractivity contribution in [3.05, 3.63) is 48.0 Å². The highest BCUT2D eigenvalue weighted by Gasteiger charge is 2.38. The van der Waals surface area contributed by atoms with Gasteiger partial charge < -0.3 is 5.32 Å². The fourth-order valence-corrected chi connectivity index (χ4v) is 2.20. The molecule has 2 aromatic rings. The van der Waals surface area contributed by atoms with Gasteiger partial charge in [0.1, 0.15) is 6.33 Å². The summed E-state index contributed by atoms with van der Waals surface area (Å²) in [5, 5.41) is 2.43. The molecule has 7 heteroatoms. The second-order valence-corrected chi connectivity index (χ2v) is 4.97. The molecule has 0 bridgehead atoms. The molecule has 0 unspecified atom stereocenters. The third kappa shape index (κ3) is 2.91. The Labute approximate surface area is 118 Å². The maximum absolute atomic E-state index is 13.1. The van der Waals surface area contributed by atoms with E-state index in [1.54, 1.807) is 0 Å². The van der Waals surface area contributed by atoms with E-state index in [4.69, 9.17) is 0 Å². The molecule has 1 amide bonds. The summed E-state index contributed by atoms with van der Waals surface area (Å²) in [7, 11) is 0. The van der Waals surface area contributed by atoms with Crippen molar-refractivity contribution in [2.45, 2.75) is 24.9 Å². The smallest absolute Gasteiger partial charge is 0.307 e. The Balaban J connectivity index is 1.88. The summed E-state index contributed by atoms with van der Waals surface area (Å²) in [6.45, 7) is 0. The lowest BCUT2D eigenvalue weighted by Gasteiger charge is -2.14. The van der Waals surface area contributed by atoms with E-state index in [1.807, 2.05) is 0 Å². The minimum absolute atomic E-state index is 0.0139. The van der Waals surface area contributed by atoms with Gasteiger partial charge in [0.05, 0.1) is 5.56 Å². The largest absolute Gasteiger partial charge is 0.416 e. The third-order valence-corrected chi connectivity index (χ3v) is 3.37. The van der Waals surface area contributed by atoms with Gasteiger partial charge in [0.25, 0.3) is 0 Å². The van der Waals surface area contributed by atoms with Crippen molar-refractivity contribution in [2.24, 2.45) is 0 Å². The number of nitrogens with zero attached hydrogens (tertiary/aromatic N) is 2. The van der Waals surface area contributed by atoms with Crippen molar-refractivity contribution >= 4 is 11.7 Å². The van der Waals surface area contributed by atoms with Gasteiger partial charge in [-0.15, -0.1) is 0 Å². The minimum Gasteiger partial charge on any atom is -0.307 e. The van der Waals surface area contributed by atoms with Crippen molar-refractivity contribution in [1.82, 2.24) is 9.55 Å². The van der Waals surface area contributed by atoms with Crippen LogP contribution in [0.4, 0.5) is 23.7 Å². The van der Waals surface area contributed by atoms with Gasteiger partial charge in [-0.3, -0.25) is 4.57 Å². The van der Waals surface area contributed by atoms with Crippen LogP contribution < -0.4 is 5.32 Å². The first kappa shape index (κ1) is 13.7. The average Bonchev–Trinajstić information content (AvgIpc) is 3.12. The first-order valence-corrected chi connectivity index (χ1v) is 6.45. The number of alkyl halides is 3. The van der Waals surface area contributed by atoms with Gasteiger partial charge in [0, 0.05) is 18.1 Å². The van der Waals surface area contributed by atoms with Crippen LogP contribution in [0.25, 0.3) is 0 Å². The number of benzene rings is 1.